The van der Waals surface area contributed by atoms with Crippen molar-refractivity contribution in [2.24, 2.45) is 0 Å². The van der Waals surface area contributed by atoms with E-state index in [1.165, 1.54) is 12.0 Å². The van der Waals surface area contributed by atoms with Crippen molar-refractivity contribution in [1.82, 2.24) is 0 Å². The maximum absolute atomic E-state index is 14.3. The van der Waals surface area contributed by atoms with E-state index in [4.69, 9.17) is 21.1 Å². The van der Waals surface area contributed by atoms with Gasteiger partial charge in [-0.05, 0) is 42.2 Å². The maximum atomic E-state index is 14.3. The minimum atomic E-state index is -5.10. The third-order valence-electron chi connectivity index (χ3n) is 6.28. The fourth-order valence-electron chi connectivity index (χ4n) is 4.41. The minimum Gasteiger partial charge on any atom is -0.513 e. The lowest BCUT2D eigenvalue weighted by Crippen LogP contribution is -2.37. The minimum absolute atomic E-state index is 0.0502. The lowest BCUT2D eigenvalue weighted by Gasteiger charge is -2.27. The first-order valence-corrected chi connectivity index (χ1v) is 12.9. The number of carbonyl (C=O) groups excluding carboxylic acids is 1. The van der Waals surface area contributed by atoms with E-state index in [1.54, 1.807) is 42.5 Å². The van der Waals surface area contributed by atoms with Crippen molar-refractivity contribution >= 4 is 28.9 Å². The van der Waals surface area contributed by atoms with Gasteiger partial charge in [0.1, 0.15) is 17.5 Å². The molecular formula is C29H27ClF4N2O5. The van der Waals surface area contributed by atoms with Crippen LogP contribution in [-0.2, 0) is 11.2 Å². The van der Waals surface area contributed by atoms with E-state index in [0.717, 1.165) is 12.1 Å². The van der Waals surface area contributed by atoms with Gasteiger partial charge in [0, 0.05) is 47.9 Å². The molecule has 0 fully saturated rings. The van der Waals surface area contributed by atoms with E-state index >= 15 is 0 Å². The highest BCUT2D eigenvalue weighted by Gasteiger charge is 2.36. The molecule has 1 heterocycles. The average Bonchev–Trinajstić information content (AvgIpc) is 3.31. The Balaban J connectivity index is 1.65. The van der Waals surface area contributed by atoms with Crippen molar-refractivity contribution < 1.29 is 41.7 Å². The van der Waals surface area contributed by atoms with Crippen molar-refractivity contribution in [3.8, 4) is 17.2 Å². The molecule has 1 unspecified atom stereocenters. The van der Waals surface area contributed by atoms with E-state index in [-0.39, 0.29) is 31.0 Å². The van der Waals surface area contributed by atoms with Gasteiger partial charge in [-0.25, -0.2) is 4.39 Å². The van der Waals surface area contributed by atoms with Gasteiger partial charge in [0.25, 0.3) is 5.91 Å². The Morgan fingerprint density at radius 1 is 1.15 bits per heavy atom. The van der Waals surface area contributed by atoms with Crippen LogP contribution >= 0.6 is 11.6 Å². The summed E-state index contributed by atoms with van der Waals surface area (Å²) >= 11 is 6.06. The molecule has 41 heavy (non-hydrogen) atoms. The molecule has 0 radical (unpaired) electrons. The monoisotopic (exact) mass is 594 g/mol. The second-order valence-corrected chi connectivity index (χ2v) is 9.68. The normalized spacial score (nSPS) is 13.4. The molecule has 0 aromatic heterocycles. The molecule has 1 aliphatic rings. The van der Waals surface area contributed by atoms with Gasteiger partial charge in [-0.3, -0.25) is 4.79 Å². The lowest BCUT2D eigenvalue weighted by atomic mass is 10.0. The molecule has 3 aromatic rings. The van der Waals surface area contributed by atoms with Crippen molar-refractivity contribution in [3.05, 3.63) is 88.9 Å². The van der Waals surface area contributed by atoms with Crippen LogP contribution in [0.15, 0.2) is 66.9 Å². The zero-order chi connectivity index (χ0) is 29.7. The van der Waals surface area contributed by atoms with Gasteiger partial charge in [-0.1, -0.05) is 30.3 Å². The van der Waals surface area contributed by atoms with Gasteiger partial charge in [0.15, 0.2) is 11.6 Å². The molecule has 0 spiro atoms. The number of aliphatic hydroxyl groups is 1. The van der Waals surface area contributed by atoms with Crippen molar-refractivity contribution in [2.75, 3.05) is 30.5 Å². The fraction of sp³-hybridized carbons (Fsp3) is 0.276. The van der Waals surface area contributed by atoms with Gasteiger partial charge < -0.3 is 29.5 Å². The Morgan fingerprint density at radius 2 is 1.85 bits per heavy atom. The summed E-state index contributed by atoms with van der Waals surface area (Å²) in [5.41, 5.74) is 1.48. The summed E-state index contributed by atoms with van der Waals surface area (Å²) in [6.07, 6.45) is -3.96. The number of hydrogen-bond donors (Lipinski definition) is 2. The van der Waals surface area contributed by atoms with Crippen LogP contribution < -0.4 is 24.4 Å². The van der Waals surface area contributed by atoms with Crippen LogP contribution in [0.3, 0.4) is 0 Å². The lowest BCUT2D eigenvalue weighted by molar-refractivity contribution is -0.275. The van der Waals surface area contributed by atoms with Crippen LogP contribution in [0.1, 0.15) is 30.0 Å². The quantitative estimate of drug-likeness (QED) is 0.137. The summed E-state index contributed by atoms with van der Waals surface area (Å²) < 4.78 is 67.9. The number of nitrogens with zero attached hydrogens (tertiary/aromatic N) is 1. The van der Waals surface area contributed by atoms with Crippen LogP contribution in [0.2, 0.25) is 5.02 Å². The molecule has 7 nitrogen and oxygen atoms in total. The van der Waals surface area contributed by atoms with E-state index in [0.29, 0.717) is 46.2 Å². The fourth-order valence-corrected chi connectivity index (χ4v) is 4.53. The molecule has 4 rings (SSSR count). The number of alkyl halides is 3. The van der Waals surface area contributed by atoms with Gasteiger partial charge in [0.2, 0.25) is 0 Å². The van der Waals surface area contributed by atoms with Crippen molar-refractivity contribution in [2.45, 2.75) is 31.7 Å². The van der Waals surface area contributed by atoms with Crippen LogP contribution in [-0.4, -0.2) is 37.6 Å². The molecule has 0 saturated carbocycles. The number of halogens is 5. The molecule has 1 aliphatic heterocycles. The molecule has 2 N–H and O–H groups in total. The van der Waals surface area contributed by atoms with E-state index in [9.17, 15) is 27.5 Å². The number of methoxy groups -OCH3 is 1. The summed E-state index contributed by atoms with van der Waals surface area (Å²) in [6, 6.07) is 12.3. The first-order chi connectivity index (χ1) is 19.4. The number of rotatable bonds is 11. The number of carbonyl (C=O) groups is 1. The average molecular weight is 595 g/mol. The topological polar surface area (TPSA) is 80.3 Å². The zero-order valence-electron chi connectivity index (χ0n) is 21.9. The van der Waals surface area contributed by atoms with Gasteiger partial charge in [-0.2, -0.15) is 0 Å². The highest BCUT2D eigenvalue weighted by atomic mass is 35.5. The second kappa shape index (κ2) is 12.6. The molecule has 0 saturated heterocycles. The number of aliphatic hydroxyl groups excluding tert-OH is 1. The van der Waals surface area contributed by atoms with E-state index in [2.05, 4.69) is 16.6 Å². The Morgan fingerprint density at radius 3 is 2.51 bits per heavy atom. The standard InChI is InChI=1S/C29H27ClF4N2O5/c1-17(37)4-3-11-40-23-14-21(13-22(15-23)39-2)35-27(18-5-7-20(30)8-6-18)28(38)36-10-9-19-12-24(31)26(16-25(19)36)41-29(32,33)34/h5-8,12-16,27,35,37H,1,3-4,9-11H2,2H3. The summed E-state index contributed by atoms with van der Waals surface area (Å²) in [7, 11) is 1.47. The van der Waals surface area contributed by atoms with Crippen LogP contribution in [0.4, 0.5) is 28.9 Å². The highest BCUT2D eigenvalue weighted by molar-refractivity contribution is 6.30. The summed E-state index contributed by atoms with van der Waals surface area (Å²) in [5.74, 6) is -1.76. The number of hydrogen-bond acceptors (Lipinski definition) is 6. The highest BCUT2D eigenvalue weighted by Crippen LogP contribution is 2.38. The Hall–Kier alpha value is -4.12. The number of amides is 1. The van der Waals surface area contributed by atoms with Crippen LogP contribution in [0.25, 0.3) is 0 Å². The largest absolute Gasteiger partial charge is 0.573 e. The third-order valence-corrected chi connectivity index (χ3v) is 6.53. The second-order valence-electron chi connectivity index (χ2n) is 9.24. The molecule has 0 bridgehead atoms. The Kier molecular flexibility index (Phi) is 9.17. The molecule has 1 amide bonds. The number of benzene rings is 3. The van der Waals surface area contributed by atoms with Gasteiger partial charge >= 0.3 is 6.36 Å². The van der Waals surface area contributed by atoms with E-state index < -0.39 is 29.9 Å². The molecule has 1 atom stereocenters. The number of ether oxygens (including phenoxy) is 3. The molecule has 3 aromatic carbocycles. The van der Waals surface area contributed by atoms with Crippen LogP contribution in [0.5, 0.6) is 17.2 Å². The number of anilines is 2. The van der Waals surface area contributed by atoms with Crippen molar-refractivity contribution in [1.29, 1.82) is 0 Å². The third kappa shape index (κ3) is 7.75. The summed E-state index contributed by atoms with van der Waals surface area (Å²) in [6.45, 7) is 3.86. The summed E-state index contributed by atoms with van der Waals surface area (Å²) in [5, 5.41) is 12.9. The number of fused-ring (bicyclic) bond motifs is 1. The zero-order valence-corrected chi connectivity index (χ0v) is 22.7. The number of nitrogens with one attached hydrogen (secondary N) is 1. The van der Waals surface area contributed by atoms with Crippen molar-refractivity contribution in [3.63, 3.8) is 0 Å². The Bertz CT molecular complexity index is 1420. The number of allylic oxidation sites excluding steroid dienone is 1. The molecule has 0 aliphatic carbocycles. The maximum Gasteiger partial charge on any atom is 0.573 e. The molecular weight excluding hydrogens is 568 g/mol. The first kappa shape index (κ1) is 29.9. The predicted octanol–water partition coefficient (Wildman–Crippen LogP) is 7.36. The Labute approximate surface area is 238 Å². The smallest absolute Gasteiger partial charge is 0.513 e. The van der Waals surface area contributed by atoms with Gasteiger partial charge in [0.05, 0.1) is 25.2 Å². The SMILES string of the molecule is C=C(O)CCCOc1cc(NC(C(=O)N2CCc3cc(F)c(OC(F)(F)F)cc32)c2ccc(Cl)cc2)cc(OC)c1. The molecule has 12 heteroatoms. The van der Waals surface area contributed by atoms with Crippen LogP contribution in [0, 0.1) is 5.82 Å². The molecule has 218 valence electrons. The van der Waals surface area contributed by atoms with Gasteiger partial charge in [-0.15, -0.1) is 13.2 Å². The predicted molar refractivity (Wildman–Crippen MR) is 146 cm³/mol. The summed E-state index contributed by atoms with van der Waals surface area (Å²) in [4.78, 5) is 15.3. The van der Waals surface area contributed by atoms with E-state index in [1.807, 2.05) is 0 Å². The first-order valence-electron chi connectivity index (χ1n) is 12.5.